The van der Waals surface area contributed by atoms with Gasteiger partial charge >= 0.3 is 5.97 Å². The molecular formula is C14H18N2O4S. The van der Waals surface area contributed by atoms with Crippen LogP contribution in [0.5, 0.6) is 0 Å². The molecule has 1 aromatic rings. The van der Waals surface area contributed by atoms with E-state index in [-0.39, 0.29) is 17.9 Å². The van der Waals surface area contributed by atoms with Crippen molar-refractivity contribution in [3.8, 4) is 0 Å². The third-order valence-electron chi connectivity index (χ3n) is 2.44. The average molecular weight is 310 g/mol. The van der Waals surface area contributed by atoms with Crippen molar-refractivity contribution in [2.75, 3.05) is 0 Å². The van der Waals surface area contributed by atoms with E-state index in [0.717, 1.165) is 6.08 Å². The van der Waals surface area contributed by atoms with Gasteiger partial charge in [-0.05, 0) is 32.9 Å². The Morgan fingerprint density at radius 2 is 1.90 bits per heavy atom. The molecule has 0 aromatic carbocycles. The highest BCUT2D eigenvalue weighted by Crippen LogP contribution is 2.16. The maximum atomic E-state index is 12.0. The summed E-state index contributed by atoms with van der Waals surface area (Å²) in [5.74, 6) is -1.67. The second-order valence-corrected chi connectivity index (χ2v) is 5.71. The van der Waals surface area contributed by atoms with Gasteiger partial charge in [0.15, 0.2) is 0 Å². The number of thiophene rings is 1. The lowest BCUT2D eigenvalue weighted by Crippen LogP contribution is -2.46. The minimum Gasteiger partial charge on any atom is -0.478 e. The molecular weight excluding hydrogens is 292 g/mol. The average Bonchev–Trinajstić information content (AvgIpc) is 2.84. The summed E-state index contributed by atoms with van der Waals surface area (Å²) in [5, 5.41) is 15.5. The standard InChI is InChI=1S/C14H18N2O4S/c1-8(2)15-13(19)9(3)16-14(20)10-6-11(21-7-10)4-5-12(17)18/h4-9H,1-3H3,(H,15,19)(H,16,20)(H,17,18)/b5-4+. The third kappa shape index (κ3) is 5.78. The van der Waals surface area contributed by atoms with Crippen molar-refractivity contribution in [1.82, 2.24) is 10.6 Å². The third-order valence-corrected chi connectivity index (χ3v) is 3.34. The minimum atomic E-state index is -1.05. The summed E-state index contributed by atoms with van der Waals surface area (Å²) in [5.41, 5.74) is 0.397. The summed E-state index contributed by atoms with van der Waals surface area (Å²) < 4.78 is 0. The fourth-order valence-electron chi connectivity index (χ4n) is 1.47. The van der Waals surface area contributed by atoms with Crippen LogP contribution >= 0.6 is 11.3 Å². The van der Waals surface area contributed by atoms with Gasteiger partial charge < -0.3 is 15.7 Å². The highest BCUT2D eigenvalue weighted by molar-refractivity contribution is 7.11. The normalized spacial score (nSPS) is 12.4. The molecule has 0 fully saturated rings. The molecule has 1 atom stereocenters. The summed E-state index contributed by atoms with van der Waals surface area (Å²) in [6.45, 7) is 5.28. The largest absolute Gasteiger partial charge is 0.478 e. The zero-order valence-corrected chi connectivity index (χ0v) is 12.9. The summed E-state index contributed by atoms with van der Waals surface area (Å²) in [6, 6.07) is 0.940. The molecule has 7 heteroatoms. The summed E-state index contributed by atoms with van der Waals surface area (Å²) >= 11 is 1.25. The topological polar surface area (TPSA) is 95.5 Å². The fourth-order valence-corrected chi connectivity index (χ4v) is 2.25. The molecule has 0 saturated heterocycles. The first-order valence-electron chi connectivity index (χ1n) is 6.40. The zero-order chi connectivity index (χ0) is 16.0. The molecule has 0 saturated carbocycles. The van der Waals surface area contributed by atoms with E-state index < -0.39 is 12.0 Å². The summed E-state index contributed by atoms with van der Waals surface area (Å²) in [7, 11) is 0. The lowest BCUT2D eigenvalue weighted by atomic mass is 10.2. The summed E-state index contributed by atoms with van der Waals surface area (Å²) in [4.78, 5) is 34.7. The molecule has 2 amide bonds. The van der Waals surface area contributed by atoms with E-state index in [2.05, 4.69) is 10.6 Å². The number of nitrogens with one attached hydrogen (secondary N) is 2. The van der Waals surface area contributed by atoms with Crippen LogP contribution in [-0.4, -0.2) is 35.0 Å². The van der Waals surface area contributed by atoms with Gasteiger partial charge in [-0.3, -0.25) is 9.59 Å². The van der Waals surface area contributed by atoms with Gasteiger partial charge in [0.1, 0.15) is 6.04 Å². The van der Waals surface area contributed by atoms with E-state index in [1.807, 2.05) is 13.8 Å². The molecule has 0 spiro atoms. The number of hydrogen-bond acceptors (Lipinski definition) is 4. The predicted octanol–water partition coefficient (Wildman–Crippen LogP) is 1.49. The zero-order valence-electron chi connectivity index (χ0n) is 12.0. The number of aliphatic carboxylic acids is 1. The molecule has 1 heterocycles. The maximum absolute atomic E-state index is 12.0. The molecule has 0 radical (unpaired) electrons. The first-order valence-corrected chi connectivity index (χ1v) is 7.28. The predicted molar refractivity (Wildman–Crippen MR) is 81.2 cm³/mol. The molecule has 1 unspecified atom stereocenters. The van der Waals surface area contributed by atoms with Crippen molar-refractivity contribution in [3.63, 3.8) is 0 Å². The van der Waals surface area contributed by atoms with E-state index >= 15 is 0 Å². The molecule has 0 bridgehead atoms. The molecule has 114 valence electrons. The van der Waals surface area contributed by atoms with Crippen LogP contribution < -0.4 is 10.6 Å². The molecule has 1 aromatic heterocycles. The Morgan fingerprint density at radius 3 is 2.48 bits per heavy atom. The Hall–Kier alpha value is -2.15. The number of carboxylic acid groups (broad SMARTS) is 1. The number of rotatable bonds is 6. The van der Waals surface area contributed by atoms with Gasteiger partial charge in [-0.15, -0.1) is 11.3 Å². The Labute approximate surface area is 126 Å². The van der Waals surface area contributed by atoms with Crippen LogP contribution in [0, 0.1) is 0 Å². The molecule has 0 aliphatic rings. The van der Waals surface area contributed by atoms with E-state index in [0.29, 0.717) is 10.4 Å². The van der Waals surface area contributed by atoms with Gasteiger partial charge in [-0.1, -0.05) is 0 Å². The summed E-state index contributed by atoms with van der Waals surface area (Å²) in [6.07, 6.45) is 2.42. The van der Waals surface area contributed by atoms with Crippen LogP contribution in [0.4, 0.5) is 0 Å². The van der Waals surface area contributed by atoms with Crippen LogP contribution in [0.1, 0.15) is 36.0 Å². The van der Waals surface area contributed by atoms with Gasteiger partial charge in [0.25, 0.3) is 5.91 Å². The monoisotopic (exact) mass is 310 g/mol. The Bertz CT molecular complexity index is 563. The Kier molecular flexibility index (Phi) is 6.10. The number of carbonyl (C=O) groups excluding carboxylic acids is 2. The lowest BCUT2D eigenvalue weighted by molar-refractivity contribution is -0.131. The number of carbonyl (C=O) groups is 3. The number of hydrogen-bond donors (Lipinski definition) is 3. The van der Waals surface area contributed by atoms with Crippen molar-refractivity contribution < 1.29 is 19.5 Å². The van der Waals surface area contributed by atoms with Gasteiger partial charge in [0, 0.05) is 22.4 Å². The van der Waals surface area contributed by atoms with Crippen LogP contribution in [0.25, 0.3) is 6.08 Å². The van der Waals surface area contributed by atoms with Crippen molar-refractivity contribution in [1.29, 1.82) is 0 Å². The SMILES string of the molecule is CC(C)NC(=O)C(C)NC(=O)c1csc(/C=C/C(=O)O)c1. The molecule has 1 rings (SSSR count). The molecule has 21 heavy (non-hydrogen) atoms. The van der Waals surface area contributed by atoms with Crippen LogP contribution in [0.2, 0.25) is 0 Å². The lowest BCUT2D eigenvalue weighted by Gasteiger charge is -2.15. The van der Waals surface area contributed by atoms with Gasteiger partial charge in [0.05, 0.1) is 5.56 Å². The Morgan fingerprint density at radius 1 is 1.24 bits per heavy atom. The van der Waals surface area contributed by atoms with Crippen LogP contribution in [-0.2, 0) is 9.59 Å². The van der Waals surface area contributed by atoms with Crippen LogP contribution in [0.15, 0.2) is 17.5 Å². The van der Waals surface area contributed by atoms with E-state index in [4.69, 9.17) is 5.11 Å². The van der Waals surface area contributed by atoms with E-state index in [9.17, 15) is 14.4 Å². The van der Waals surface area contributed by atoms with Crippen molar-refractivity contribution in [2.45, 2.75) is 32.9 Å². The number of amides is 2. The number of carboxylic acids is 1. The smallest absolute Gasteiger partial charge is 0.328 e. The van der Waals surface area contributed by atoms with E-state index in [1.165, 1.54) is 17.4 Å². The highest BCUT2D eigenvalue weighted by atomic mass is 32.1. The molecule has 0 aliphatic carbocycles. The van der Waals surface area contributed by atoms with Gasteiger partial charge in [-0.25, -0.2) is 4.79 Å². The minimum absolute atomic E-state index is 0.00533. The van der Waals surface area contributed by atoms with Crippen molar-refractivity contribution in [3.05, 3.63) is 28.0 Å². The molecule has 0 aliphatic heterocycles. The van der Waals surface area contributed by atoms with E-state index in [1.54, 1.807) is 18.4 Å². The highest BCUT2D eigenvalue weighted by Gasteiger charge is 2.17. The van der Waals surface area contributed by atoms with Crippen molar-refractivity contribution >= 4 is 35.2 Å². The molecule has 3 N–H and O–H groups in total. The second kappa shape index (κ2) is 7.58. The second-order valence-electron chi connectivity index (χ2n) is 4.77. The quantitative estimate of drug-likeness (QED) is 0.694. The fraction of sp³-hybridized carbons (Fsp3) is 0.357. The van der Waals surface area contributed by atoms with Gasteiger partial charge in [0.2, 0.25) is 5.91 Å². The van der Waals surface area contributed by atoms with Crippen molar-refractivity contribution in [2.24, 2.45) is 0 Å². The first-order chi connectivity index (χ1) is 9.79. The maximum Gasteiger partial charge on any atom is 0.328 e. The van der Waals surface area contributed by atoms with Crippen LogP contribution in [0.3, 0.4) is 0 Å². The Balaban J connectivity index is 2.64. The molecule has 6 nitrogen and oxygen atoms in total. The first kappa shape index (κ1) is 16.9. The van der Waals surface area contributed by atoms with Gasteiger partial charge in [-0.2, -0.15) is 0 Å².